The predicted molar refractivity (Wildman–Crippen MR) is 95.8 cm³/mol. The van der Waals surface area contributed by atoms with E-state index >= 15 is 0 Å². The van der Waals surface area contributed by atoms with Crippen LogP contribution in [0.25, 0.3) is 0 Å². The average Bonchev–Trinajstić information content (AvgIpc) is 2.46. The van der Waals surface area contributed by atoms with Gasteiger partial charge in [0.15, 0.2) is 0 Å². The molecule has 0 heterocycles. The second kappa shape index (κ2) is 7.69. The molecule has 1 aromatic rings. The van der Waals surface area contributed by atoms with Gasteiger partial charge in [0, 0.05) is 17.0 Å². The van der Waals surface area contributed by atoms with Gasteiger partial charge in [-0.3, -0.25) is 0 Å². The van der Waals surface area contributed by atoms with Crippen LogP contribution in [-0.4, -0.2) is 17.8 Å². The highest BCUT2D eigenvalue weighted by Crippen LogP contribution is 2.42. The summed E-state index contributed by atoms with van der Waals surface area (Å²) in [4.78, 5) is 0. The maximum absolute atomic E-state index is 3.72. The number of nitrogens with one attached hydrogen (secondary N) is 1. The summed E-state index contributed by atoms with van der Waals surface area (Å²) in [6.07, 6.45) is 4.07. The summed E-state index contributed by atoms with van der Waals surface area (Å²) in [6, 6.07) is 11.6. The summed E-state index contributed by atoms with van der Waals surface area (Å²) in [5.41, 5.74) is 1.90. The maximum atomic E-state index is 3.72. The molecular weight excluding hydrogens is 274 g/mol. The van der Waals surface area contributed by atoms with Crippen LogP contribution in [0.4, 0.5) is 0 Å². The first-order valence-corrected chi connectivity index (χ1v) is 9.44. The van der Waals surface area contributed by atoms with Gasteiger partial charge in [-0.25, -0.2) is 0 Å². The molecule has 0 amide bonds. The fourth-order valence-corrected chi connectivity index (χ4v) is 4.81. The van der Waals surface area contributed by atoms with Crippen molar-refractivity contribution in [3.63, 3.8) is 0 Å². The molecule has 1 aromatic carbocycles. The van der Waals surface area contributed by atoms with Crippen LogP contribution >= 0.6 is 11.8 Å². The van der Waals surface area contributed by atoms with E-state index in [9.17, 15) is 0 Å². The molecule has 3 unspecified atom stereocenters. The highest BCUT2D eigenvalue weighted by Gasteiger charge is 2.35. The number of benzene rings is 1. The van der Waals surface area contributed by atoms with E-state index in [1.807, 2.05) is 0 Å². The Labute approximate surface area is 135 Å². The van der Waals surface area contributed by atoms with Crippen molar-refractivity contribution in [2.24, 2.45) is 11.3 Å². The van der Waals surface area contributed by atoms with E-state index in [-0.39, 0.29) is 0 Å². The highest BCUT2D eigenvalue weighted by molar-refractivity contribution is 7.99. The zero-order valence-electron chi connectivity index (χ0n) is 14.1. The summed E-state index contributed by atoms with van der Waals surface area (Å²) >= 11 is 2.16. The average molecular weight is 306 g/mol. The first-order valence-electron chi connectivity index (χ1n) is 8.39. The Morgan fingerprint density at radius 1 is 1.14 bits per heavy atom. The van der Waals surface area contributed by atoms with Gasteiger partial charge in [-0.1, -0.05) is 58.0 Å². The lowest BCUT2D eigenvalue weighted by Crippen LogP contribution is -2.44. The van der Waals surface area contributed by atoms with Gasteiger partial charge >= 0.3 is 0 Å². The van der Waals surface area contributed by atoms with Crippen LogP contribution in [0.3, 0.4) is 0 Å². The first-order chi connectivity index (χ1) is 10.0. The molecule has 0 aliphatic heterocycles. The smallest absolute Gasteiger partial charge is 0.0207 e. The van der Waals surface area contributed by atoms with Crippen LogP contribution in [0, 0.1) is 11.3 Å². The zero-order chi connectivity index (χ0) is 15.3. The minimum absolute atomic E-state index is 0.447. The van der Waals surface area contributed by atoms with Crippen molar-refractivity contribution in [3.05, 3.63) is 35.9 Å². The minimum Gasteiger partial charge on any atom is -0.313 e. The van der Waals surface area contributed by atoms with Gasteiger partial charge in [0.1, 0.15) is 0 Å². The molecule has 2 heteroatoms. The number of hydrogen-bond donors (Lipinski definition) is 1. The summed E-state index contributed by atoms with van der Waals surface area (Å²) in [5, 5.41) is 4.47. The van der Waals surface area contributed by atoms with Crippen molar-refractivity contribution in [2.75, 3.05) is 6.54 Å². The Morgan fingerprint density at radius 3 is 2.48 bits per heavy atom. The van der Waals surface area contributed by atoms with Gasteiger partial charge in [0.05, 0.1) is 0 Å². The largest absolute Gasteiger partial charge is 0.313 e. The van der Waals surface area contributed by atoms with E-state index in [4.69, 9.17) is 0 Å². The summed E-state index contributed by atoms with van der Waals surface area (Å²) in [6.45, 7) is 10.5. The van der Waals surface area contributed by atoms with E-state index in [1.54, 1.807) is 0 Å². The van der Waals surface area contributed by atoms with Crippen LogP contribution in [0.15, 0.2) is 30.3 Å². The van der Waals surface area contributed by atoms with Crippen molar-refractivity contribution in [3.8, 4) is 0 Å². The van der Waals surface area contributed by atoms with Crippen molar-refractivity contribution >= 4 is 11.8 Å². The lowest BCUT2D eigenvalue weighted by atomic mass is 9.71. The Kier molecular flexibility index (Phi) is 6.19. The van der Waals surface area contributed by atoms with Gasteiger partial charge in [-0.05, 0) is 42.7 Å². The Morgan fingerprint density at radius 2 is 1.86 bits per heavy atom. The molecule has 1 nitrogen and oxygen atoms in total. The van der Waals surface area contributed by atoms with Crippen molar-refractivity contribution in [1.29, 1.82) is 0 Å². The van der Waals surface area contributed by atoms with Gasteiger partial charge in [0.25, 0.3) is 0 Å². The molecule has 0 radical (unpaired) electrons. The van der Waals surface area contributed by atoms with Crippen LogP contribution < -0.4 is 5.32 Å². The number of rotatable bonds is 5. The van der Waals surface area contributed by atoms with Gasteiger partial charge in [-0.15, -0.1) is 0 Å². The molecule has 0 aromatic heterocycles. The summed E-state index contributed by atoms with van der Waals surface area (Å²) < 4.78 is 0. The fraction of sp³-hybridized carbons (Fsp3) is 0.684. The van der Waals surface area contributed by atoms with E-state index in [0.29, 0.717) is 11.5 Å². The van der Waals surface area contributed by atoms with E-state index in [0.717, 1.165) is 23.5 Å². The van der Waals surface area contributed by atoms with Crippen molar-refractivity contribution < 1.29 is 0 Å². The van der Waals surface area contributed by atoms with Gasteiger partial charge in [-0.2, -0.15) is 11.8 Å². The summed E-state index contributed by atoms with van der Waals surface area (Å²) in [5.74, 6) is 2.00. The van der Waals surface area contributed by atoms with E-state index < -0.39 is 0 Å². The molecule has 118 valence electrons. The quantitative estimate of drug-likeness (QED) is 0.811. The van der Waals surface area contributed by atoms with Crippen LogP contribution in [-0.2, 0) is 5.75 Å². The third-order valence-corrected chi connectivity index (χ3v) is 6.24. The lowest BCUT2D eigenvalue weighted by Gasteiger charge is -2.42. The monoisotopic (exact) mass is 305 g/mol. The lowest BCUT2D eigenvalue weighted by molar-refractivity contribution is 0.165. The SMILES string of the molecule is CCNC1CCC(C(C)(C)C)CC1SCc1ccccc1. The highest BCUT2D eigenvalue weighted by atomic mass is 32.2. The Hall–Kier alpha value is -0.470. The molecule has 1 saturated carbocycles. The molecular formula is C19H31NS. The molecule has 0 spiro atoms. The maximum Gasteiger partial charge on any atom is 0.0207 e. The van der Waals surface area contributed by atoms with Crippen molar-refractivity contribution in [1.82, 2.24) is 5.32 Å². The zero-order valence-corrected chi connectivity index (χ0v) is 14.9. The van der Waals surface area contributed by atoms with Crippen molar-refractivity contribution in [2.45, 2.75) is 64.0 Å². The third-order valence-electron chi connectivity index (χ3n) is 4.79. The second-order valence-electron chi connectivity index (χ2n) is 7.38. The Bertz CT molecular complexity index is 409. The second-order valence-corrected chi connectivity index (χ2v) is 8.60. The molecule has 1 aliphatic carbocycles. The normalized spacial score (nSPS) is 26.8. The summed E-state index contributed by atoms with van der Waals surface area (Å²) in [7, 11) is 0. The van der Waals surface area contributed by atoms with Crippen LogP contribution in [0.5, 0.6) is 0 Å². The van der Waals surface area contributed by atoms with Gasteiger partial charge < -0.3 is 5.32 Å². The predicted octanol–water partition coefficient (Wildman–Crippen LogP) is 5.11. The van der Waals surface area contributed by atoms with Crippen LogP contribution in [0.1, 0.15) is 52.5 Å². The molecule has 1 N–H and O–H groups in total. The minimum atomic E-state index is 0.447. The molecule has 3 atom stereocenters. The Balaban J connectivity index is 1.97. The molecule has 0 bridgehead atoms. The van der Waals surface area contributed by atoms with Gasteiger partial charge in [0.2, 0.25) is 0 Å². The van der Waals surface area contributed by atoms with E-state index in [2.05, 4.69) is 75.1 Å². The number of hydrogen-bond acceptors (Lipinski definition) is 2. The standard InChI is InChI=1S/C19H31NS/c1-5-20-17-12-11-16(19(2,3)4)13-18(17)21-14-15-9-7-6-8-10-15/h6-10,16-18,20H,5,11-14H2,1-4H3. The number of thioether (sulfide) groups is 1. The topological polar surface area (TPSA) is 12.0 Å². The molecule has 1 aliphatic rings. The fourth-order valence-electron chi connectivity index (χ4n) is 3.37. The third kappa shape index (κ3) is 5.03. The molecule has 1 fully saturated rings. The first kappa shape index (κ1) is 16.9. The van der Waals surface area contributed by atoms with E-state index in [1.165, 1.54) is 24.8 Å². The molecule has 21 heavy (non-hydrogen) atoms. The molecule has 0 saturated heterocycles. The van der Waals surface area contributed by atoms with Crippen LogP contribution in [0.2, 0.25) is 0 Å². The molecule has 2 rings (SSSR count).